The Morgan fingerprint density at radius 1 is 1.00 bits per heavy atom. The lowest BCUT2D eigenvalue weighted by Gasteiger charge is -2.18. The Labute approximate surface area is 158 Å². The molecule has 27 heavy (non-hydrogen) atoms. The molecule has 0 saturated carbocycles. The molecule has 142 valence electrons. The van der Waals surface area contributed by atoms with Crippen LogP contribution in [0.15, 0.2) is 54.6 Å². The van der Waals surface area contributed by atoms with Gasteiger partial charge in [0.15, 0.2) is 0 Å². The maximum Gasteiger partial charge on any atom is 0.306 e. The maximum atomic E-state index is 12.4. The van der Waals surface area contributed by atoms with Crippen molar-refractivity contribution in [1.29, 1.82) is 0 Å². The molecular formula is C21H24N2O4. The van der Waals surface area contributed by atoms with Gasteiger partial charge in [-0.05, 0) is 29.7 Å². The minimum absolute atomic E-state index is 0.112. The average molecular weight is 368 g/mol. The quantitative estimate of drug-likeness (QED) is 0.667. The zero-order valence-corrected chi connectivity index (χ0v) is 15.4. The Kier molecular flexibility index (Phi) is 7.11. The van der Waals surface area contributed by atoms with E-state index < -0.39 is 17.9 Å². The fraction of sp³-hybridized carbons (Fsp3) is 0.286. The van der Waals surface area contributed by atoms with Crippen molar-refractivity contribution in [3.8, 4) is 0 Å². The van der Waals surface area contributed by atoms with Crippen molar-refractivity contribution in [3.05, 3.63) is 65.7 Å². The fourth-order valence-electron chi connectivity index (χ4n) is 2.75. The third-order valence-corrected chi connectivity index (χ3v) is 4.17. The van der Waals surface area contributed by atoms with Crippen LogP contribution in [0, 0.1) is 5.92 Å². The summed E-state index contributed by atoms with van der Waals surface area (Å²) < 4.78 is 0. The van der Waals surface area contributed by atoms with Crippen molar-refractivity contribution in [1.82, 2.24) is 5.32 Å². The van der Waals surface area contributed by atoms with Crippen molar-refractivity contribution in [3.63, 3.8) is 0 Å². The molecule has 0 aliphatic rings. The van der Waals surface area contributed by atoms with E-state index in [-0.39, 0.29) is 18.2 Å². The van der Waals surface area contributed by atoms with Gasteiger partial charge in [0.05, 0.1) is 18.4 Å². The van der Waals surface area contributed by atoms with Gasteiger partial charge in [0.25, 0.3) is 0 Å². The van der Waals surface area contributed by atoms with Crippen LogP contribution >= 0.6 is 0 Å². The number of anilines is 1. The van der Waals surface area contributed by atoms with Crippen LogP contribution in [0.5, 0.6) is 0 Å². The summed E-state index contributed by atoms with van der Waals surface area (Å²) in [5.74, 6) is -1.72. The van der Waals surface area contributed by atoms with Crippen LogP contribution in [-0.2, 0) is 20.8 Å². The second-order valence-corrected chi connectivity index (χ2v) is 6.56. The Bertz CT molecular complexity index is 788. The van der Waals surface area contributed by atoms with Crippen molar-refractivity contribution in [2.75, 3.05) is 5.32 Å². The van der Waals surface area contributed by atoms with Crippen molar-refractivity contribution in [2.45, 2.75) is 32.7 Å². The molecule has 6 heteroatoms. The molecular weight excluding hydrogens is 344 g/mol. The maximum absolute atomic E-state index is 12.4. The molecule has 2 aromatic carbocycles. The van der Waals surface area contributed by atoms with E-state index in [0.29, 0.717) is 12.1 Å². The lowest BCUT2D eigenvalue weighted by Crippen LogP contribution is -2.29. The Balaban J connectivity index is 1.98. The van der Waals surface area contributed by atoms with E-state index in [4.69, 9.17) is 5.11 Å². The Hall–Kier alpha value is -3.15. The number of nitrogens with one attached hydrogen (secondary N) is 2. The first-order chi connectivity index (χ1) is 12.8. The topological polar surface area (TPSA) is 95.5 Å². The first-order valence-corrected chi connectivity index (χ1v) is 8.79. The number of rotatable bonds is 8. The van der Waals surface area contributed by atoms with E-state index in [1.54, 1.807) is 31.2 Å². The average Bonchev–Trinajstić information content (AvgIpc) is 2.63. The summed E-state index contributed by atoms with van der Waals surface area (Å²) in [6.07, 6.45) is 0.545. The molecule has 0 fully saturated rings. The van der Waals surface area contributed by atoms with E-state index in [1.165, 1.54) is 6.92 Å². The number of aliphatic carboxylic acids is 1. The number of carboxylic acids is 1. The van der Waals surface area contributed by atoms with Crippen molar-refractivity contribution >= 4 is 23.5 Å². The van der Waals surface area contributed by atoms with Crippen molar-refractivity contribution < 1.29 is 19.5 Å². The van der Waals surface area contributed by atoms with Gasteiger partial charge in [-0.1, -0.05) is 49.4 Å². The predicted molar refractivity (Wildman–Crippen MR) is 103 cm³/mol. The van der Waals surface area contributed by atoms with Gasteiger partial charge in [0.2, 0.25) is 11.8 Å². The molecule has 0 aliphatic carbocycles. The molecule has 0 saturated heterocycles. The highest BCUT2D eigenvalue weighted by Gasteiger charge is 2.17. The second kappa shape index (κ2) is 9.52. The first-order valence-electron chi connectivity index (χ1n) is 8.79. The number of carbonyl (C=O) groups excluding carboxylic acids is 2. The fourth-order valence-corrected chi connectivity index (χ4v) is 2.75. The molecule has 2 amide bonds. The van der Waals surface area contributed by atoms with Crippen molar-refractivity contribution in [2.24, 2.45) is 5.92 Å². The van der Waals surface area contributed by atoms with Gasteiger partial charge in [0, 0.05) is 12.6 Å². The number of carboxylic acid groups (broad SMARTS) is 1. The second-order valence-electron chi connectivity index (χ2n) is 6.56. The number of amides is 2. The minimum atomic E-state index is -0.836. The molecule has 3 N–H and O–H groups in total. The molecule has 6 nitrogen and oxygen atoms in total. The molecule has 0 aromatic heterocycles. The van der Waals surface area contributed by atoms with Crippen LogP contribution in [0.2, 0.25) is 0 Å². The summed E-state index contributed by atoms with van der Waals surface area (Å²) in [7, 11) is 0. The number of benzene rings is 2. The number of hydrogen-bond donors (Lipinski definition) is 3. The summed E-state index contributed by atoms with van der Waals surface area (Å²) >= 11 is 0. The molecule has 0 aliphatic heterocycles. The molecule has 0 radical (unpaired) electrons. The van der Waals surface area contributed by atoms with Gasteiger partial charge < -0.3 is 15.7 Å². The molecule has 2 aromatic rings. The van der Waals surface area contributed by atoms with Gasteiger partial charge in [-0.2, -0.15) is 0 Å². The first kappa shape index (κ1) is 20.2. The Morgan fingerprint density at radius 2 is 1.63 bits per heavy atom. The Morgan fingerprint density at radius 3 is 2.19 bits per heavy atom. The standard InChI is InChI=1S/C21H24N2O4/c1-14(21(26)27)12-16-8-10-18(11-9-16)23-20(25)13-19(22-15(2)24)17-6-4-3-5-7-17/h3-11,14,19H,12-13H2,1-2H3,(H,22,24)(H,23,25)(H,26,27). The molecule has 0 bridgehead atoms. The van der Waals surface area contributed by atoms with E-state index in [0.717, 1.165) is 11.1 Å². The summed E-state index contributed by atoms with van der Waals surface area (Å²) in [5.41, 5.74) is 2.38. The van der Waals surface area contributed by atoms with E-state index in [9.17, 15) is 14.4 Å². The van der Waals surface area contributed by atoms with Crippen LogP contribution in [0.4, 0.5) is 5.69 Å². The molecule has 2 unspecified atom stereocenters. The van der Waals surface area contributed by atoms with Crippen LogP contribution < -0.4 is 10.6 Å². The van der Waals surface area contributed by atoms with Gasteiger partial charge in [-0.25, -0.2) is 0 Å². The lowest BCUT2D eigenvalue weighted by molar-refractivity contribution is -0.141. The molecule has 0 spiro atoms. The van der Waals surface area contributed by atoms with Crippen LogP contribution in [0.3, 0.4) is 0 Å². The third-order valence-electron chi connectivity index (χ3n) is 4.17. The van der Waals surface area contributed by atoms with Gasteiger partial charge in [-0.3, -0.25) is 14.4 Å². The largest absolute Gasteiger partial charge is 0.481 e. The highest BCUT2D eigenvalue weighted by molar-refractivity contribution is 5.91. The minimum Gasteiger partial charge on any atom is -0.481 e. The van der Waals surface area contributed by atoms with E-state index in [2.05, 4.69) is 10.6 Å². The highest BCUT2D eigenvalue weighted by Crippen LogP contribution is 2.19. The molecule has 2 rings (SSSR count). The monoisotopic (exact) mass is 368 g/mol. The smallest absolute Gasteiger partial charge is 0.306 e. The van der Waals surface area contributed by atoms with E-state index >= 15 is 0 Å². The normalized spacial score (nSPS) is 12.7. The summed E-state index contributed by atoms with van der Waals surface area (Å²) in [6.45, 7) is 3.08. The van der Waals surface area contributed by atoms with Gasteiger partial charge in [0.1, 0.15) is 0 Å². The van der Waals surface area contributed by atoms with Gasteiger partial charge >= 0.3 is 5.97 Å². The van der Waals surface area contributed by atoms with E-state index in [1.807, 2.05) is 30.3 Å². The van der Waals surface area contributed by atoms with Crippen LogP contribution in [0.25, 0.3) is 0 Å². The summed E-state index contributed by atoms with van der Waals surface area (Å²) in [4.78, 5) is 34.8. The predicted octanol–water partition coefficient (Wildman–Crippen LogP) is 3.16. The highest BCUT2D eigenvalue weighted by atomic mass is 16.4. The van der Waals surface area contributed by atoms with Gasteiger partial charge in [-0.15, -0.1) is 0 Å². The van der Waals surface area contributed by atoms with Crippen LogP contribution in [0.1, 0.15) is 37.4 Å². The molecule has 2 atom stereocenters. The lowest BCUT2D eigenvalue weighted by atomic mass is 10.0. The molecule has 0 heterocycles. The van der Waals surface area contributed by atoms with Crippen LogP contribution in [-0.4, -0.2) is 22.9 Å². The summed E-state index contributed by atoms with van der Waals surface area (Å²) in [5, 5.41) is 14.6. The number of hydrogen-bond acceptors (Lipinski definition) is 3. The SMILES string of the molecule is CC(=O)NC(CC(=O)Nc1ccc(CC(C)C(=O)O)cc1)c1ccccc1. The zero-order valence-electron chi connectivity index (χ0n) is 15.4. The zero-order chi connectivity index (χ0) is 19.8. The summed E-state index contributed by atoms with van der Waals surface area (Å²) in [6, 6.07) is 16.0. The number of carbonyl (C=O) groups is 3. The third kappa shape index (κ3) is 6.58.